The van der Waals surface area contributed by atoms with Crippen molar-refractivity contribution in [1.82, 2.24) is 14.8 Å². The van der Waals surface area contributed by atoms with Gasteiger partial charge in [0.15, 0.2) is 17.1 Å². The van der Waals surface area contributed by atoms with Gasteiger partial charge in [0.05, 0.1) is 11.3 Å². The fourth-order valence-electron chi connectivity index (χ4n) is 4.67. The molecule has 4 rings (SSSR count). The molecule has 1 amide bonds. The number of anilines is 1. The third-order valence-electron chi connectivity index (χ3n) is 7.21. The zero-order valence-electron chi connectivity index (χ0n) is 22.6. The van der Waals surface area contributed by atoms with E-state index in [1.54, 1.807) is 11.3 Å². The van der Waals surface area contributed by atoms with E-state index >= 15 is 0 Å². The number of aromatic nitrogens is 3. The number of carbonyl (C=O) groups is 1. The minimum absolute atomic E-state index is 0.156. The highest BCUT2D eigenvalue weighted by Gasteiger charge is 2.32. The van der Waals surface area contributed by atoms with Gasteiger partial charge in [0.2, 0.25) is 5.91 Å². The number of rotatable bonds is 7. The smallest absolute Gasteiger partial charge is 0.235 e. The number of aryl methyl sites for hydroxylation is 2. The van der Waals surface area contributed by atoms with Crippen molar-refractivity contribution >= 4 is 34.0 Å². The van der Waals surface area contributed by atoms with Crippen molar-refractivity contribution in [3.8, 4) is 11.8 Å². The van der Waals surface area contributed by atoms with Gasteiger partial charge >= 0.3 is 0 Å². The van der Waals surface area contributed by atoms with E-state index in [-0.39, 0.29) is 23.2 Å². The highest BCUT2D eigenvalue weighted by Crippen LogP contribution is 2.44. The van der Waals surface area contributed by atoms with Crippen LogP contribution in [0, 0.1) is 36.5 Å². The molecule has 2 heterocycles. The van der Waals surface area contributed by atoms with Crippen LogP contribution in [0.2, 0.25) is 0 Å². The summed E-state index contributed by atoms with van der Waals surface area (Å²) in [6, 6.07) is 8.35. The van der Waals surface area contributed by atoms with Crippen LogP contribution in [0.4, 0.5) is 5.00 Å². The average molecular weight is 538 g/mol. The lowest BCUT2D eigenvalue weighted by molar-refractivity contribution is -0.113. The summed E-state index contributed by atoms with van der Waals surface area (Å²) in [4.78, 5) is 14.1. The van der Waals surface area contributed by atoms with Gasteiger partial charge in [-0.05, 0) is 80.2 Å². The first-order valence-corrected chi connectivity index (χ1v) is 14.4. The molecule has 7 nitrogen and oxygen atoms in total. The normalized spacial score (nSPS) is 16.1. The minimum Gasteiger partial charge on any atom is -0.483 e. The molecule has 37 heavy (non-hydrogen) atoms. The fourth-order valence-corrected chi connectivity index (χ4v) is 6.69. The SMILES string of the molecule is Cc1ccc(OC(C)c2nnc(SCC(=O)Nc3sc4c(c3C#N)CCC(C(C)(C)C)C4)n2C)cc1C. The molecule has 1 N–H and O–H groups in total. The molecule has 0 bridgehead atoms. The van der Waals surface area contributed by atoms with E-state index in [1.807, 2.05) is 36.7 Å². The highest BCUT2D eigenvalue weighted by atomic mass is 32.2. The van der Waals surface area contributed by atoms with Crippen molar-refractivity contribution in [1.29, 1.82) is 5.26 Å². The van der Waals surface area contributed by atoms with Crippen molar-refractivity contribution in [3.63, 3.8) is 0 Å². The second-order valence-corrected chi connectivity index (χ2v) is 12.9. The van der Waals surface area contributed by atoms with Gasteiger partial charge in [0.25, 0.3) is 0 Å². The predicted octanol–water partition coefficient (Wildman–Crippen LogP) is 6.39. The van der Waals surface area contributed by atoms with Crippen LogP contribution in [0.1, 0.15) is 73.2 Å². The lowest BCUT2D eigenvalue weighted by Gasteiger charge is -2.33. The molecular weight excluding hydrogens is 502 g/mol. The summed E-state index contributed by atoms with van der Waals surface area (Å²) in [5.74, 6) is 2.07. The summed E-state index contributed by atoms with van der Waals surface area (Å²) < 4.78 is 7.95. The van der Waals surface area contributed by atoms with Crippen molar-refractivity contribution in [2.75, 3.05) is 11.1 Å². The maximum atomic E-state index is 12.8. The Labute approximate surface area is 227 Å². The van der Waals surface area contributed by atoms with Crippen molar-refractivity contribution in [3.05, 3.63) is 51.2 Å². The van der Waals surface area contributed by atoms with E-state index in [1.165, 1.54) is 27.8 Å². The van der Waals surface area contributed by atoms with E-state index in [4.69, 9.17) is 4.74 Å². The third-order valence-corrected chi connectivity index (χ3v) is 9.40. The molecule has 2 unspecified atom stereocenters. The summed E-state index contributed by atoms with van der Waals surface area (Å²) in [6.07, 6.45) is 2.64. The second kappa shape index (κ2) is 10.9. The molecule has 196 valence electrons. The van der Waals surface area contributed by atoms with Gasteiger partial charge in [0, 0.05) is 11.9 Å². The van der Waals surface area contributed by atoms with Crippen molar-refractivity contribution in [2.24, 2.45) is 18.4 Å². The van der Waals surface area contributed by atoms with Crippen LogP contribution in [0.5, 0.6) is 5.75 Å². The number of ether oxygens (including phenoxy) is 1. The number of nitrogens with one attached hydrogen (secondary N) is 1. The van der Waals surface area contributed by atoms with Crippen LogP contribution in [0.15, 0.2) is 23.4 Å². The summed E-state index contributed by atoms with van der Waals surface area (Å²) in [5.41, 5.74) is 4.36. The molecule has 0 saturated carbocycles. The number of nitrogens with zero attached hydrogens (tertiary/aromatic N) is 4. The van der Waals surface area contributed by atoms with Gasteiger partial charge in [-0.2, -0.15) is 5.26 Å². The summed E-state index contributed by atoms with van der Waals surface area (Å²) >= 11 is 2.88. The Morgan fingerprint density at radius 1 is 1.32 bits per heavy atom. The van der Waals surface area contributed by atoms with Gasteiger partial charge in [-0.15, -0.1) is 21.5 Å². The van der Waals surface area contributed by atoms with Gasteiger partial charge < -0.3 is 14.6 Å². The fraction of sp³-hybridized carbons (Fsp3) is 0.500. The predicted molar refractivity (Wildman–Crippen MR) is 149 cm³/mol. The topological polar surface area (TPSA) is 92.8 Å². The van der Waals surface area contributed by atoms with E-state index in [0.717, 1.165) is 30.6 Å². The van der Waals surface area contributed by atoms with Crippen LogP contribution >= 0.6 is 23.1 Å². The number of hydrogen-bond acceptors (Lipinski definition) is 7. The van der Waals surface area contributed by atoms with Gasteiger partial charge in [0.1, 0.15) is 16.8 Å². The van der Waals surface area contributed by atoms with E-state index in [9.17, 15) is 10.1 Å². The summed E-state index contributed by atoms with van der Waals surface area (Å²) in [5, 5.41) is 22.7. The molecular formula is C28H35N5O2S2. The Morgan fingerprint density at radius 2 is 2.08 bits per heavy atom. The maximum absolute atomic E-state index is 12.8. The largest absolute Gasteiger partial charge is 0.483 e. The Balaban J connectivity index is 1.38. The summed E-state index contributed by atoms with van der Waals surface area (Å²) in [6.45, 7) is 12.9. The van der Waals surface area contributed by atoms with Crippen molar-refractivity contribution in [2.45, 2.75) is 72.1 Å². The first kappa shape index (κ1) is 27.2. The molecule has 2 atom stereocenters. The Morgan fingerprint density at radius 3 is 2.76 bits per heavy atom. The molecule has 0 radical (unpaired) electrons. The van der Waals surface area contributed by atoms with Crippen molar-refractivity contribution < 1.29 is 9.53 Å². The summed E-state index contributed by atoms with van der Waals surface area (Å²) in [7, 11) is 1.88. The molecule has 1 aliphatic rings. The molecule has 3 aromatic rings. The Hall–Kier alpha value is -2.83. The number of hydrogen-bond donors (Lipinski definition) is 1. The van der Waals surface area contributed by atoms with E-state index in [0.29, 0.717) is 27.5 Å². The monoisotopic (exact) mass is 537 g/mol. The standard InChI is InChI=1S/C28H35N5O2S2/c1-16-8-10-20(12-17(16)2)35-18(3)25-31-32-27(33(25)7)36-15-24(34)30-26-22(14-29)21-11-9-19(28(4,5)6)13-23(21)37-26/h8,10,12,18-19H,9,11,13,15H2,1-7H3,(H,30,34). The van der Waals surface area contributed by atoms with Crippen LogP contribution in [-0.2, 0) is 24.7 Å². The lowest BCUT2D eigenvalue weighted by Crippen LogP contribution is -2.26. The van der Waals surface area contributed by atoms with E-state index < -0.39 is 0 Å². The zero-order chi connectivity index (χ0) is 26.9. The number of carbonyl (C=O) groups excluding carboxylic acids is 1. The first-order chi connectivity index (χ1) is 17.5. The molecule has 0 spiro atoms. The third kappa shape index (κ3) is 6.02. The first-order valence-electron chi connectivity index (χ1n) is 12.6. The Bertz CT molecular complexity index is 1350. The molecule has 9 heteroatoms. The van der Waals surface area contributed by atoms with Crippen LogP contribution in [0.3, 0.4) is 0 Å². The molecule has 1 aliphatic carbocycles. The lowest BCUT2D eigenvalue weighted by atomic mass is 9.72. The van der Waals surface area contributed by atoms with Crippen LogP contribution < -0.4 is 10.1 Å². The minimum atomic E-state index is -0.296. The molecule has 0 saturated heterocycles. The quantitative estimate of drug-likeness (QED) is 0.351. The number of thiophene rings is 1. The van der Waals surface area contributed by atoms with Crippen LogP contribution in [-0.4, -0.2) is 26.4 Å². The maximum Gasteiger partial charge on any atom is 0.235 e. The van der Waals surface area contributed by atoms with E-state index in [2.05, 4.69) is 56.2 Å². The number of amides is 1. The second-order valence-electron chi connectivity index (χ2n) is 10.9. The number of thioether (sulfide) groups is 1. The molecule has 1 aromatic carbocycles. The molecule has 0 aliphatic heterocycles. The number of benzene rings is 1. The molecule has 2 aromatic heterocycles. The van der Waals surface area contributed by atoms with Gasteiger partial charge in [-0.1, -0.05) is 38.6 Å². The van der Waals surface area contributed by atoms with Crippen LogP contribution in [0.25, 0.3) is 0 Å². The average Bonchev–Trinajstić information content (AvgIpc) is 3.38. The Kier molecular flexibility index (Phi) is 8.00. The highest BCUT2D eigenvalue weighted by molar-refractivity contribution is 7.99. The number of nitriles is 1. The molecule has 0 fully saturated rings. The number of fused-ring (bicyclic) bond motifs is 1. The van der Waals surface area contributed by atoms with Gasteiger partial charge in [-0.25, -0.2) is 0 Å². The van der Waals surface area contributed by atoms with Gasteiger partial charge in [-0.3, -0.25) is 4.79 Å². The zero-order valence-corrected chi connectivity index (χ0v) is 24.3.